The first-order chi connectivity index (χ1) is 9.79. The molecule has 0 saturated carbocycles. The van der Waals surface area contributed by atoms with Gasteiger partial charge in [0.15, 0.2) is 0 Å². The van der Waals surface area contributed by atoms with Crippen LogP contribution >= 0.6 is 15.9 Å². The highest BCUT2D eigenvalue weighted by molar-refractivity contribution is 9.10. The highest BCUT2D eigenvalue weighted by Crippen LogP contribution is 2.22. The van der Waals surface area contributed by atoms with Gasteiger partial charge in [-0.25, -0.2) is 12.8 Å². The van der Waals surface area contributed by atoms with Gasteiger partial charge in [0.25, 0.3) is 10.0 Å². The van der Waals surface area contributed by atoms with Gasteiger partial charge in [0.1, 0.15) is 5.82 Å². The average Bonchev–Trinajstić information content (AvgIpc) is 2.42. The summed E-state index contributed by atoms with van der Waals surface area (Å²) in [5, 5.41) is 0. The summed E-state index contributed by atoms with van der Waals surface area (Å²) in [6.45, 7) is 0. The van der Waals surface area contributed by atoms with E-state index in [1.54, 1.807) is 0 Å². The number of rotatable bonds is 4. The summed E-state index contributed by atoms with van der Waals surface area (Å²) in [5.74, 6) is -1.37. The van der Waals surface area contributed by atoms with Gasteiger partial charge in [0.05, 0.1) is 10.6 Å². The predicted octanol–water partition coefficient (Wildman–Crippen LogP) is 2.49. The zero-order valence-electron chi connectivity index (χ0n) is 10.5. The molecule has 5 nitrogen and oxygen atoms in total. The molecule has 0 aromatic heterocycles. The minimum atomic E-state index is -3.95. The van der Waals surface area contributed by atoms with Crippen LogP contribution in [-0.2, 0) is 10.0 Å². The summed E-state index contributed by atoms with van der Waals surface area (Å²) < 4.78 is 40.5. The number of nitrogens with two attached hydrogens (primary N) is 1. The summed E-state index contributed by atoms with van der Waals surface area (Å²) in [6.07, 6.45) is 0. The van der Waals surface area contributed by atoms with Crippen LogP contribution in [0.4, 0.5) is 10.1 Å². The summed E-state index contributed by atoms with van der Waals surface area (Å²) in [4.78, 5) is 10.8. The van der Waals surface area contributed by atoms with Gasteiger partial charge in [-0.2, -0.15) is 0 Å². The van der Waals surface area contributed by atoms with E-state index in [2.05, 4.69) is 20.7 Å². The van der Waals surface area contributed by atoms with Crippen molar-refractivity contribution in [3.8, 4) is 0 Å². The van der Waals surface area contributed by atoms with Gasteiger partial charge < -0.3 is 5.73 Å². The van der Waals surface area contributed by atoms with E-state index in [9.17, 15) is 17.6 Å². The molecule has 2 aromatic carbocycles. The molecule has 21 heavy (non-hydrogen) atoms. The lowest BCUT2D eigenvalue weighted by atomic mass is 10.2. The van der Waals surface area contributed by atoms with Crippen molar-refractivity contribution in [2.24, 2.45) is 5.73 Å². The highest BCUT2D eigenvalue weighted by atomic mass is 79.9. The second-order valence-electron chi connectivity index (χ2n) is 4.12. The summed E-state index contributed by atoms with van der Waals surface area (Å²) in [6, 6.07) is 8.97. The van der Waals surface area contributed by atoms with Gasteiger partial charge in [0.2, 0.25) is 5.91 Å². The number of hydrogen-bond donors (Lipinski definition) is 2. The smallest absolute Gasteiger partial charge is 0.261 e. The van der Waals surface area contributed by atoms with Crippen LogP contribution < -0.4 is 10.5 Å². The second kappa shape index (κ2) is 5.82. The molecule has 2 aromatic rings. The number of hydrogen-bond acceptors (Lipinski definition) is 3. The monoisotopic (exact) mass is 372 g/mol. The average molecular weight is 373 g/mol. The number of primary amides is 1. The van der Waals surface area contributed by atoms with Crippen LogP contribution in [0.3, 0.4) is 0 Å². The number of carbonyl (C=O) groups excluding carboxylic acids is 1. The number of benzene rings is 2. The van der Waals surface area contributed by atoms with Crippen LogP contribution in [0.25, 0.3) is 0 Å². The molecule has 110 valence electrons. The minimum Gasteiger partial charge on any atom is -0.366 e. The van der Waals surface area contributed by atoms with Crippen LogP contribution in [-0.4, -0.2) is 14.3 Å². The van der Waals surface area contributed by atoms with E-state index in [-0.39, 0.29) is 16.1 Å². The molecule has 0 unspecified atom stereocenters. The zero-order valence-corrected chi connectivity index (χ0v) is 12.9. The molecule has 3 N–H and O–H groups in total. The van der Waals surface area contributed by atoms with Gasteiger partial charge in [-0.05, 0) is 42.5 Å². The van der Waals surface area contributed by atoms with Crippen molar-refractivity contribution in [2.45, 2.75) is 4.90 Å². The number of nitrogens with one attached hydrogen (secondary N) is 1. The lowest BCUT2D eigenvalue weighted by molar-refractivity contribution is 0.1000. The molecular weight excluding hydrogens is 363 g/mol. The van der Waals surface area contributed by atoms with Crippen molar-refractivity contribution in [1.82, 2.24) is 0 Å². The van der Waals surface area contributed by atoms with Crippen molar-refractivity contribution < 1.29 is 17.6 Å². The highest BCUT2D eigenvalue weighted by Gasteiger charge is 2.16. The molecule has 0 aliphatic carbocycles. The normalized spacial score (nSPS) is 11.1. The van der Waals surface area contributed by atoms with E-state index in [0.717, 1.165) is 6.07 Å². The van der Waals surface area contributed by atoms with Crippen molar-refractivity contribution in [3.05, 3.63) is 58.3 Å². The Morgan fingerprint density at radius 2 is 1.76 bits per heavy atom. The molecule has 0 bridgehead atoms. The Bertz CT molecular complexity index is 792. The molecule has 0 spiro atoms. The zero-order chi connectivity index (χ0) is 15.6. The van der Waals surface area contributed by atoms with Gasteiger partial charge in [-0.15, -0.1) is 0 Å². The Morgan fingerprint density at radius 3 is 2.29 bits per heavy atom. The Hall–Kier alpha value is -1.93. The number of sulfonamides is 1. The quantitative estimate of drug-likeness (QED) is 0.863. The molecule has 0 radical (unpaired) electrons. The maximum absolute atomic E-state index is 13.6. The van der Waals surface area contributed by atoms with E-state index in [1.807, 2.05) is 0 Å². The molecule has 1 amide bonds. The first kappa shape index (κ1) is 15.5. The fraction of sp³-hybridized carbons (Fsp3) is 0. The number of anilines is 1. The fourth-order valence-electron chi connectivity index (χ4n) is 1.57. The largest absolute Gasteiger partial charge is 0.366 e. The molecule has 0 fully saturated rings. The third-order valence-electron chi connectivity index (χ3n) is 2.62. The van der Waals surface area contributed by atoms with Crippen LogP contribution in [0.5, 0.6) is 0 Å². The van der Waals surface area contributed by atoms with E-state index in [1.165, 1.54) is 36.4 Å². The fourth-order valence-corrected chi connectivity index (χ4v) is 2.97. The third kappa shape index (κ3) is 3.59. The Kier molecular flexibility index (Phi) is 4.29. The van der Waals surface area contributed by atoms with Gasteiger partial charge in [-0.3, -0.25) is 9.52 Å². The molecule has 8 heteroatoms. The molecule has 0 heterocycles. The van der Waals surface area contributed by atoms with E-state index in [4.69, 9.17) is 5.73 Å². The van der Waals surface area contributed by atoms with Gasteiger partial charge >= 0.3 is 0 Å². The molecule has 0 aliphatic rings. The van der Waals surface area contributed by atoms with Crippen molar-refractivity contribution >= 4 is 37.5 Å². The van der Waals surface area contributed by atoms with Crippen LogP contribution in [0, 0.1) is 5.82 Å². The van der Waals surface area contributed by atoms with E-state index >= 15 is 0 Å². The first-order valence-electron chi connectivity index (χ1n) is 5.67. The van der Waals surface area contributed by atoms with Crippen molar-refractivity contribution in [2.75, 3.05) is 4.72 Å². The predicted molar refractivity (Wildman–Crippen MR) is 79.9 cm³/mol. The summed E-state index contributed by atoms with van der Waals surface area (Å²) in [5.41, 5.74) is 5.09. The maximum Gasteiger partial charge on any atom is 0.261 e. The first-order valence-corrected chi connectivity index (χ1v) is 7.95. The molecule has 0 atom stereocenters. The molecular formula is C13H10BrFN2O3S. The molecule has 2 rings (SSSR count). The third-order valence-corrected chi connectivity index (χ3v) is 4.50. The number of halogens is 2. The van der Waals surface area contributed by atoms with Gasteiger partial charge in [0, 0.05) is 10.0 Å². The van der Waals surface area contributed by atoms with Crippen LogP contribution in [0.2, 0.25) is 0 Å². The minimum absolute atomic E-state index is 0.102. The standard InChI is InChI=1S/C13H10BrFN2O3S/c14-9-3-6-12(11(15)7-9)17-21(19,20)10-4-1-8(2-5-10)13(16)18/h1-7,17H,(H2,16,18). The Morgan fingerprint density at radius 1 is 1.14 bits per heavy atom. The van der Waals surface area contributed by atoms with Crippen molar-refractivity contribution in [1.29, 1.82) is 0 Å². The van der Waals surface area contributed by atoms with Crippen LogP contribution in [0.15, 0.2) is 51.8 Å². The lowest BCUT2D eigenvalue weighted by Crippen LogP contribution is -2.15. The van der Waals surface area contributed by atoms with Crippen molar-refractivity contribution in [3.63, 3.8) is 0 Å². The maximum atomic E-state index is 13.6. The SMILES string of the molecule is NC(=O)c1ccc(S(=O)(=O)Nc2ccc(Br)cc2F)cc1. The Balaban J connectivity index is 2.31. The Labute approximate surface area is 129 Å². The van der Waals surface area contributed by atoms with Crippen LogP contribution in [0.1, 0.15) is 10.4 Å². The van der Waals surface area contributed by atoms with E-state index < -0.39 is 21.7 Å². The summed E-state index contributed by atoms with van der Waals surface area (Å²) >= 11 is 3.08. The van der Waals surface area contributed by atoms with Gasteiger partial charge in [-0.1, -0.05) is 15.9 Å². The molecule has 0 saturated heterocycles. The summed E-state index contributed by atoms with van der Waals surface area (Å²) in [7, 11) is -3.95. The number of carbonyl (C=O) groups is 1. The lowest BCUT2D eigenvalue weighted by Gasteiger charge is -2.09. The topological polar surface area (TPSA) is 89.3 Å². The second-order valence-corrected chi connectivity index (χ2v) is 6.72. The molecule has 0 aliphatic heterocycles. The van der Waals surface area contributed by atoms with E-state index in [0.29, 0.717) is 4.47 Å². The number of amides is 1.